The minimum atomic E-state index is -0.153. The number of carbonyl (C=O) groups is 1. The van der Waals surface area contributed by atoms with Crippen LogP contribution in [0, 0.1) is 6.92 Å². The second kappa shape index (κ2) is 8.44. The van der Waals surface area contributed by atoms with E-state index in [9.17, 15) is 4.79 Å². The lowest BCUT2D eigenvalue weighted by Crippen LogP contribution is -2.32. The van der Waals surface area contributed by atoms with Gasteiger partial charge in [-0.05, 0) is 59.9 Å². The van der Waals surface area contributed by atoms with Gasteiger partial charge in [0.1, 0.15) is 0 Å². The topological polar surface area (TPSA) is 88.8 Å². The van der Waals surface area contributed by atoms with Gasteiger partial charge < -0.3 is 10.2 Å². The molecule has 0 bridgehead atoms. The van der Waals surface area contributed by atoms with Crippen LogP contribution in [0.15, 0.2) is 48.3 Å². The van der Waals surface area contributed by atoms with Gasteiger partial charge in [0.15, 0.2) is 0 Å². The van der Waals surface area contributed by atoms with E-state index < -0.39 is 0 Å². The minimum Gasteiger partial charge on any atom is -0.334 e. The quantitative estimate of drug-likeness (QED) is 0.704. The number of rotatable bonds is 5. The average molecular weight is 403 g/mol. The van der Waals surface area contributed by atoms with Crippen molar-refractivity contribution in [2.24, 2.45) is 7.05 Å². The van der Waals surface area contributed by atoms with Crippen molar-refractivity contribution in [2.45, 2.75) is 26.7 Å². The van der Waals surface area contributed by atoms with E-state index in [0.29, 0.717) is 11.5 Å². The molecule has 1 N–H and O–H groups in total. The molecule has 0 unspecified atom stereocenters. The molecule has 8 nitrogen and oxygen atoms in total. The van der Waals surface area contributed by atoms with Crippen molar-refractivity contribution in [3.8, 4) is 0 Å². The molecule has 0 aliphatic carbocycles. The average Bonchev–Trinajstić information content (AvgIpc) is 3.20. The highest BCUT2D eigenvalue weighted by Gasteiger charge is 2.22. The van der Waals surface area contributed by atoms with Gasteiger partial charge in [0.05, 0.1) is 12.6 Å². The Morgan fingerprint density at radius 3 is 2.67 bits per heavy atom. The summed E-state index contributed by atoms with van der Waals surface area (Å²) >= 11 is 0. The van der Waals surface area contributed by atoms with E-state index in [1.807, 2.05) is 25.1 Å². The molecule has 30 heavy (non-hydrogen) atoms. The predicted molar refractivity (Wildman–Crippen MR) is 116 cm³/mol. The highest BCUT2D eigenvalue weighted by atomic mass is 16.1. The number of tetrazole rings is 1. The third-order valence-corrected chi connectivity index (χ3v) is 5.44. The molecule has 3 aromatic rings. The van der Waals surface area contributed by atoms with Gasteiger partial charge in [0.2, 0.25) is 0 Å². The first-order valence-corrected chi connectivity index (χ1v) is 10.1. The van der Waals surface area contributed by atoms with Gasteiger partial charge >= 0.3 is 0 Å². The van der Waals surface area contributed by atoms with E-state index in [2.05, 4.69) is 49.7 Å². The Labute approximate surface area is 175 Å². The number of hydrogen-bond donors (Lipinski definition) is 1. The largest absolute Gasteiger partial charge is 0.334 e. The predicted octanol–water partition coefficient (Wildman–Crippen LogP) is 3.24. The highest BCUT2D eigenvalue weighted by molar-refractivity contribution is 6.05. The van der Waals surface area contributed by atoms with E-state index in [1.165, 1.54) is 15.9 Å². The number of benzene rings is 1. The Morgan fingerprint density at radius 2 is 2.00 bits per heavy atom. The van der Waals surface area contributed by atoms with Crippen LogP contribution in [0.25, 0.3) is 5.57 Å². The summed E-state index contributed by atoms with van der Waals surface area (Å²) < 4.78 is 0. The van der Waals surface area contributed by atoms with Crippen LogP contribution in [-0.2, 0) is 7.05 Å². The third kappa shape index (κ3) is 4.07. The molecule has 0 atom stereocenters. The summed E-state index contributed by atoms with van der Waals surface area (Å²) in [6.45, 7) is 5.72. The van der Waals surface area contributed by atoms with Crippen molar-refractivity contribution in [1.29, 1.82) is 0 Å². The zero-order valence-corrected chi connectivity index (χ0v) is 17.5. The van der Waals surface area contributed by atoms with Gasteiger partial charge in [-0.1, -0.05) is 29.7 Å². The Hall–Kier alpha value is -3.55. The molecular formula is C22H25N7O. The Balaban J connectivity index is 1.52. The van der Waals surface area contributed by atoms with Gasteiger partial charge in [-0.2, -0.15) is 4.80 Å². The number of anilines is 2. The number of aryl methyl sites for hydroxylation is 2. The van der Waals surface area contributed by atoms with Crippen molar-refractivity contribution in [1.82, 2.24) is 25.2 Å². The maximum Gasteiger partial charge on any atom is 0.266 e. The van der Waals surface area contributed by atoms with Gasteiger partial charge in [0.25, 0.3) is 11.9 Å². The Bertz CT molecular complexity index is 1080. The molecule has 8 heteroatoms. The first-order valence-electron chi connectivity index (χ1n) is 10.1. The summed E-state index contributed by atoms with van der Waals surface area (Å²) in [5.41, 5.74) is 6.12. The summed E-state index contributed by atoms with van der Waals surface area (Å²) in [6, 6.07) is 9.84. The number of nitrogens with zero attached hydrogens (tertiary/aromatic N) is 6. The standard InChI is InChI=1S/C22H25N7O/c1-4-16-10-12-29(22-25-27-28(3)26-22)14-20(16)17-5-7-18(8-6-17)24-21(30)19-13-23-11-9-15(19)2/h5-9,11,13H,4,10,12,14H2,1-3H3,(H,24,30). The van der Waals surface area contributed by atoms with Crippen LogP contribution in [0.3, 0.4) is 0 Å². The number of pyridine rings is 1. The van der Waals surface area contributed by atoms with Crippen LogP contribution < -0.4 is 10.2 Å². The van der Waals surface area contributed by atoms with Gasteiger partial charge in [0, 0.05) is 31.2 Å². The molecule has 0 radical (unpaired) electrons. The molecule has 1 aliphatic rings. The molecule has 0 spiro atoms. The smallest absolute Gasteiger partial charge is 0.266 e. The summed E-state index contributed by atoms with van der Waals surface area (Å²) in [4.78, 5) is 20.2. The number of amides is 1. The molecule has 154 valence electrons. The van der Waals surface area contributed by atoms with Gasteiger partial charge in [-0.25, -0.2) is 0 Å². The number of carbonyl (C=O) groups excluding carboxylic acids is 1. The normalized spacial score (nSPS) is 14.2. The van der Waals surface area contributed by atoms with Gasteiger partial charge in [-0.3, -0.25) is 9.78 Å². The maximum absolute atomic E-state index is 12.5. The molecule has 1 amide bonds. The molecule has 4 rings (SSSR count). The zero-order chi connectivity index (χ0) is 21.1. The van der Waals surface area contributed by atoms with Crippen molar-refractivity contribution >= 4 is 23.1 Å². The first-order chi connectivity index (χ1) is 14.5. The molecule has 1 aliphatic heterocycles. The van der Waals surface area contributed by atoms with Crippen LogP contribution in [0.1, 0.15) is 41.3 Å². The fraction of sp³-hybridized carbons (Fsp3) is 0.318. The molecular weight excluding hydrogens is 378 g/mol. The lowest BCUT2D eigenvalue weighted by atomic mass is 9.92. The number of hydrogen-bond acceptors (Lipinski definition) is 6. The van der Waals surface area contributed by atoms with E-state index in [1.54, 1.807) is 19.4 Å². The van der Waals surface area contributed by atoms with E-state index in [-0.39, 0.29) is 5.91 Å². The Kier molecular flexibility index (Phi) is 5.56. The van der Waals surface area contributed by atoms with Gasteiger partial charge in [-0.15, -0.1) is 5.10 Å². The summed E-state index contributed by atoms with van der Waals surface area (Å²) in [5, 5.41) is 15.4. The lowest BCUT2D eigenvalue weighted by molar-refractivity contribution is 0.102. The molecule has 0 fully saturated rings. The van der Waals surface area contributed by atoms with Crippen LogP contribution in [0.5, 0.6) is 0 Å². The summed E-state index contributed by atoms with van der Waals surface area (Å²) in [6.07, 6.45) is 5.26. The SMILES string of the molecule is CCC1=C(c2ccc(NC(=O)c3cnccc3C)cc2)CN(c2nnn(C)n2)CC1. The van der Waals surface area contributed by atoms with E-state index >= 15 is 0 Å². The second-order valence-electron chi connectivity index (χ2n) is 7.41. The first kappa shape index (κ1) is 19.8. The molecule has 1 aromatic carbocycles. The monoisotopic (exact) mass is 403 g/mol. The van der Waals surface area contributed by atoms with Crippen LogP contribution in [-0.4, -0.2) is 44.2 Å². The van der Waals surface area contributed by atoms with E-state index in [4.69, 9.17) is 0 Å². The summed E-state index contributed by atoms with van der Waals surface area (Å²) in [7, 11) is 1.77. The van der Waals surface area contributed by atoms with Crippen molar-refractivity contribution in [2.75, 3.05) is 23.3 Å². The summed E-state index contributed by atoms with van der Waals surface area (Å²) in [5.74, 6) is 0.500. The number of nitrogens with one attached hydrogen (secondary N) is 1. The van der Waals surface area contributed by atoms with Crippen molar-refractivity contribution in [3.05, 3.63) is 65.0 Å². The molecule has 2 aromatic heterocycles. The fourth-order valence-electron chi connectivity index (χ4n) is 3.71. The van der Waals surface area contributed by atoms with Crippen LogP contribution in [0.2, 0.25) is 0 Å². The lowest BCUT2D eigenvalue weighted by Gasteiger charge is -2.30. The van der Waals surface area contributed by atoms with Crippen molar-refractivity contribution < 1.29 is 4.79 Å². The minimum absolute atomic E-state index is 0.153. The van der Waals surface area contributed by atoms with Crippen LogP contribution in [0.4, 0.5) is 11.6 Å². The third-order valence-electron chi connectivity index (χ3n) is 5.44. The Morgan fingerprint density at radius 1 is 1.20 bits per heavy atom. The fourth-order valence-corrected chi connectivity index (χ4v) is 3.71. The molecule has 0 saturated heterocycles. The van der Waals surface area contributed by atoms with Crippen LogP contribution >= 0.6 is 0 Å². The highest BCUT2D eigenvalue weighted by Crippen LogP contribution is 2.30. The van der Waals surface area contributed by atoms with Crippen molar-refractivity contribution in [3.63, 3.8) is 0 Å². The zero-order valence-electron chi connectivity index (χ0n) is 17.5. The molecule has 0 saturated carbocycles. The van der Waals surface area contributed by atoms with E-state index in [0.717, 1.165) is 42.7 Å². The maximum atomic E-state index is 12.5. The second-order valence-corrected chi connectivity index (χ2v) is 7.41. The molecule has 3 heterocycles. The number of aromatic nitrogens is 5.